The van der Waals surface area contributed by atoms with Gasteiger partial charge in [0.2, 0.25) is 5.01 Å². The van der Waals surface area contributed by atoms with E-state index in [1.54, 1.807) is 12.3 Å². The van der Waals surface area contributed by atoms with Crippen molar-refractivity contribution in [3.63, 3.8) is 0 Å². The van der Waals surface area contributed by atoms with Gasteiger partial charge in [0.1, 0.15) is 11.8 Å². The number of hydrogen-bond donors (Lipinski definition) is 0. The van der Waals surface area contributed by atoms with Crippen LogP contribution in [0.3, 0.4) is 0 Å². The summed E-state index contributed by atoms with van der Waals surface area (Å²) in [6.07, 6.45) is 1.27. The van der Waals surface area contributed by atoms with Crippen molar-refractivity contribution in [1.29, 1.82) is 0 Å². The minimum atomic E-state index is -0.614. The van der Waals surface area contributed by atoms with Crippen LogP contribution in [0.4, 0.5) is 0 Å². The molecule has 0 bridgehead atoms. The number of carbonyl (C=O) groups is 2. The zero-order chi connectivity index (χ0) is 16.1. The molecule has 2 heterocycles. The third kappa shape index (κ3) is 4.16. The monoisotopic (exact) mass is 360 g/mol. The SMILES string of the molecule is CCOC(=O)c1nc(COC(=O)c2cnc(Cl)c(Cl)c2)cs1. The fraction of sp³-hybridized carbons (Fsp3) is 0.231. The van der Waals surface area contributed by atoms with Crippen LogP contribution < -0.4 is 0 Å². The molecule has 9 heteroatoms. The summed E-state index contributed by atoms with van der Waals surface area (Å²) in [6, 6.07) is 1.37. The lowest BCUT2D eigenvalue weighted by Crippen LogP contribution is -2.07. The Hall–Kier alpha value is -1.70. The molecule has 116 valence electrons. The number of hydrogen-bond acceptors (Lipinski definition) is 7. The molecular weight excluding hydrogens is 351 g/mol. The van der Waals surface area contributed by atoms with Crippen molar-refractivity contribution >= 4 is 46.5 Å². The smallest absolute Gasteiger partial charge is 0.367 e. The minimum absolute atomic E-state index is 0.0744. The number of carbonyl (C=O) groups excluding carboxylic acids is 2. The van der Waals surface area contributed by atoms with Crippen molar-refractivity contribution in [2.45, 2.75) is 13.5 Å². The largest absolute Gasteiger partial charge is 0.461 e. The van der Waals surface area contributed by atoms with Gasteiger partial charge < -0.3 is 9.47 Å². The highest BCUT2D eigenvalue weighted by Crippen LogP contribution is 2.20. The molecule has 0 aliphatic rings. The maximum Gasteiger partial charge on any atom is 0.367 e. The third-order valence-electron chi connectivity index (χ3n) is 2.38. The minimum Gasteiger partial charge on any atom is -0.461 e. The molecule has 0 fully saturated rings. The van der Waals surface area contributed by atoms with Crippen LogP contribution in [0.25, 0.3) is 0 Å². The molecule has 0 N–H and O–H groups in total. The van der Waals surface area contributed by atoms with Gasteiger partial charge in [0.25, 0.3) is 0 Å². The third-order valence-corrected chi connectivity index (χ3v) is 3.94. The average molecular weight is 361 g/mol. The van der Waals surface area contributed by atoms with Gasteiger partial charge in [-0.2, -0.15) is 0 Å². The zero-order valence-corrected chi connectivity index (χ0v) is 13.7. The quantitative estimate of drug-likeness (QED) is 0.600. The van der Waals surface area contributed by atoms with Gasteiger partial charge in [-0.25, -0.2) is 19.6 Å². The first kappa shape index (κ1) is 16.7. The van der Waals surface area contributed by atoms with Crippen LogP contribution in [0.2, 0.25) is 10.2 Å². The molecule has 0 aliphatic carbocycles. The molecule has 0 unspecified atom stereocenters. The van der Waals surface area contributed by atoms with E-state index in [4.69, 9.17) is 32.7 Å². The summed E-state index contributed by atoms with van der Waals surface area (Å²) in [7, 11) is 0. The van der Waals surface area contributed by atoms with E-state index in [1.807, 2.05) is 0 Å². The molecule has 0 atom stereocenters. The lowest BCUT2D eigenvalue weighted by molar-refractivity contribution is 0.0467. The number of nitrogens with zero attached hydrogens (tertiary/aromatic N) is 2. The normalized spacial score (nSPS) is 10.3. The maximum absolute atomic E-state index is 11.8. The average Bonchev–Trinajstić information content (AvgIpc) is 2.97. The summed E-state index contributed by atoms with van der Waals surface area (Å²) in [4.78, 5) is 31.1. The van der Waals surface area contributed by atoms with Crippen molar-refractivity contribution in [2.75, 3.05) is 6.61 Å². The van der Waals surface area contributed by atoms with E-state index in [0.717, 1.165) is 11.3 Å². The van der Waals surface area contributed by atoms with Crippen molar-refractivity contribution in [3.05, 3.63) is 44.1 Å². The highest BCUT2D eigenvalue weighted by atomic mass is 35.5. The molecule has 0 spiro atoms. The van der Waals surface area contributed by atoms with Gasteiger partial charge in [-0.1, -0.05) is 23.2 Å². The Morgan fingerprint density at radius 2 is 2.05 bits per heavy atom. The molecule has 0 aromatic carbocycles. The van der Waals surface area contributed by atoms with Crippen LogP contribution in [0.5, 0.6) is 0 Å². The number of ether oxygens (including phenoxy) is 2. The van der Waals surface area contributed by atoms with E-state index in [-0.39, 0.29) is 34.0 Å². The molecule has 0 aliphatic heterocycles. The van der Waals surface area contributed by atoms with E-state index in [9.17, 15) is 9.59 Å². The summed E-state index contributed by atoms with van der Waals surface area (Å²) >= 11 is 12.6. The number of thiazole rings is 1. The van der Waals surface area contributed by atoms with E-state index in [0.29, 0.717) is 5.69 Å². The van der Waals surface area contributed by atoms with Gasteiger partial charge in [-0.05, 0) is 13.0 Å². The first-order valence-corrected chi connectivity index (χ1v) is 7.74. The van der Waals surface area contributed by atoms with Gasteiger partial charge >= 0.3 is 11.9 Å². The van der Waals surface area contributed by atoms with Gasteiger partial charge in [-0.3, -0.25) is 0 Å². The van der Waals surface area contributed by atoms with Crippen LogP contribution in [-0.2, 0) is 16.1 Å². The maximum atomic E-state index is 11.8. The van der Waals surface area contributed by atoms with Crippen molar-refractivity contribution < 1.29 is 19.1 Å². The summed E-state index contributed by atoms with van der Waals surface area (Å²) in [5, 5.41) is 2.10. The van der Waals surface area contributed by atoms with Gasteiger partial charge in [-0.15, -0.1) is 11.3 Å². The van der Waals surface area contributed by atoms with Crippen molar-refractivity contribution in [2.24, 2.45) is 0 Å². The van der Waals surface area contributed by atoms with Crippen LogP contribution in [0, 0.1) is 0 Å². The molecule has 2 rings (SSSR count). The number of esters is 2. The van der Waals surface area contributed by atoms with E-state index in [1.165, 1.54) is 12.3 Å². The lowest BCUT2D eigenvalue weighted by atomic mass is 10.3. The van der Waals surface area contributed by atoms with Crippen molar-refractivity contribution in [3.8, 4) is 0 Å². The predicted octanol–water partition coefficient (Wildman–Crippen LogP) is 3.38. The summed E-state index contributed by atoms with van der Waals surface area (Å²) in [5.41, 5.74) is 0.629. The molecule has 0 amide bonds. The van der Waals surface area contributed by atoms with Gasteiger partial charge in [0, 0.05) is 11.6 Å². The van der Waals surface area contributed by atoms with Crippen molar-refractivity contribution in [1.82, 2.24) is 9.97 Å². The summed E-state index contributed by atoms with van der Waals surface area (Å²) < 4.78 is 9.90. The molecular formula is C13H10Cl2N2O4S. The standard InChI is InChI=1S/C13H10Cl2N2O4S/c1-2-20-13(19)11-17-8(6-22-11)5-21-12(18)7-3-9(14)10(15)16-4-7/h3-4,6H,2,5H2,1H3. The molecule has 2 aromatic rings. The van der Waals surface area contributed by atoms with Crippen LogP contribution in [0.1, 0.15) is 32.8 Å². The van der Waals surface area contributed by atoms with E-state index >= 15 is 0 Å². The number of rotatable bonds is 5. The van der Waals surface area contributed by atoms with Crippen LogP contribution in [0.15, 0.2) is 17.6 Å². The lowest BCUT2D eigenvalue weighted by Gasteiger charge is -2.03. The zero-order valence-electron chi connectivity index (χ0n) is 11.3. The van der Waals surface area contributed by atoms with E-state index in [2.05, 4.69) is 9.97 Å². The Balaban J connectivity index is 1.96. The second-order valence-corrected chi connectivity index (χ2v) is 5.56. The second kappa shape index (κ2) is 7.53. The molecule has 2 aromatic heterocycles. The molecule has 0 radical (unpaired) electrons. The highest BCUT2D eigenvalue weighted by Gasteiger charge is 2.14. The number of aromatic nitrogens is 2. The first-order valence-electron chi connectivity index (χ1n) is 6.11. The highest BCUT2D eigenvalue weighted by molar-refractivity contribution is 7.11. The Bertz CT molecular complexity index is 705. The van der Waals surface area contributed by atoms with Crippen LogP contribution >= 0.6 is 34.5 Å². The summed E-state index contributed by atoms with van der Waals surface area (Å²) in [5.74, 6) is -1.12. The Kier molecular flexibility index (Phi) is 5.70. The molecule has 0 saturated heterocycles. The summed E-state index contributed by atoms with van der Waals surface area (Å²) in [6.45, 7) is 1.90. The fourth-order valence-corrected chi connectivity index (χ4v) is 2.38. The van der Waals surface area contributed by atoms with Gasteiger partial charge in [0.05, 0.1) is 22.9 Å². The molecule has 0 saturated carbocycles. The topological polar surface area (TPSA) is 78.4 Å². The first-order chi connectivity index (χ1) is 10.5. The van der Waals surface area contributed by atoms with Gasteiger partial charge in [0.15, 0.2) is 0 Å². The molecule has 6 nitrogen and oxygen atoms in total. The van der Waals surface area contributed by atoms with E-state index < -0.39 is 11.9 Å². The number of pyridine rings is 1. The predicted molar refractivity (Wildman–Crippen MR) is 81.4 cm³/mol. The molecule has 22 heavy (non-hydrogen) atoms. The fourth-order valence-electron chi connectivity index (χ4n) is 1.42. The Morgan fingerprint density at radius 1 is 1.27 bits per heavy atom. The number of halogens is 2. The van der Waals surface area contributed by atoms with Crippen LogP contribution in [-0.4, -0.2) is 28.5 Å². The second-order valence-electron chi connectivity index (χ2n) is 3.94. The Labute approximate surface area is 140 Å². The Morgan fingerprint density at radius 3 is 2.73 bits per heavy atom.